The van der Waals surface area contributed by atoms with Crippen molar-refractivity contribution in [1.29, 1.82) is 0 Å². The number of aldehydes is 1. The van der Waals surface area contributed by atoms with Gasteiger partial charge in [0.1, 0.15) is 12.6 Å². The summed E-state index contributed by atoms with van der Waals surface area (Å²) >= 11 is 0. The van der Waals surface area contributed by atoms with Gasteiger partial charge in [0.25, 0.3) is 0 Å². The molecule has 0 fully saturated rings. The van der Waals surface area contributed by atoms with Crippen LogP contribution in [-0.2, 0) is 4.79 Å². The molecule has 5 nitrogen and oxygen atoms in total. The van der Waals surface area contributed by atoms with Gasteiger partial charge >= 0.3 is 0 Å². The normalized spacial score (nSPS) is 13.3. The highest BCUT2D eigenvalue weighted by Gasteiger charge is 2.02. The van der Waals surface area contributed by atoms with Gasteiger partial charge in [0.2, 0.25) is 0 Å². The second-order valence-electron chi connectivity index (χ2n) is 2.53. The van der Waals surface area contributed by atoms with Gasteiger partial charge in [0, 0.05) is 0 Å². The molecule has 0 amide bonds. The van der Waals surface area contributed by atoms with Gasteiger partial charge < -0.3 is 16.3 Å². The molecule has 0 aliphatic heterocycles. The van der Waals surface area contributed by atoms with Crippen molar-refractivity contribution in [1.82, 2.24) is 10.4 Å². The number of carbonyl (C=O) groups is 1. The molecular formula is C6H17N4OP. The number of hydrogen-bond donors (Lipinski definition) is 4. The maximum atomic E-state index is 10.3. The van der Waals surface area contributed by atoms with E-state index in [4.69, 9.17) is 11.5 Å². The molecule has 6 N–H and O–H groups in total. The van der Waals surface area contributed by atoms with E-state index >= 15 is 0 Å². The average Bonchev–Trinajstić information content (AvgIpc) is 2.04. The maximum Gasteiger partial charge on any atom is 0.137 e. The van der Waals surface area contributed by atoms with Crippen molar-refractivity contribution < 1.29 is 4.79 Å². The molecule has 0 spiro atoms. The summed E-state index contributed by atoms with van der Waals surface area (Å²) in [6.45, 7) is 0.731. The van der Waals surface area contributed by atoms with Crippen LogP contribution in [0, 0.1) is 0 Å². The van der Waals surface area contributed by atoms with Crippen molar-refractivity contribution >= 4 is 15.7 Å². The molecule has 2 atom stereocenters. The van der Waals surface area contributed by atoms with E-state index < -0.39 is 6.29 Å². The van der Waals surface area contributed by atoms with Gasteiger partial charge in [0.15, 0.2) is 0 Å². The summed E-state index contributed by atoms with van der Waals surface area (Å²) in [4.78, 5) is 10.3. The molecule has 12 heavy (non-hydrogen) atoms. The van der Waals surface area contributed by atoms with Gasteiger partial charge in [-0.2, -0.15) is 0 Å². The predicted molar refractivity (Wildman–Crippen MR) is 52.1 cm³/mol. The fraction of sp³-hybridized carbons (Fsp3) is 0.833. The number of nitrogens with one attached hydrogen (secondary N) is 2. The Kier molecular flexibility index (Phi) is 7.54. The molecule has 0 aliphatic carbocycles. The second kappa shape index (κ2) is 7.58. The largest absolute Gasteiger partial charge is 0.304 e. The van der Waals surface area contributed by atoms with Crippen LogP contribution < -0.4 is 21.9 Å². The number of rotatable bonds is 7. The Hall–Kier alpha value is -0.0600. The Morgan fingerprint density at radius 1 is 1.50 bits per heavy atom. The Morgan fingerprint density at radius 3 is 2.58 bits per heavy atom. The van der Waals surface area contributed by atoms with Crippen molar-refractivity contribution in [3.8, 4) is 0 Å². The van der Waals surface area contributed by atoms with E-state index in [1.807, 2.05) is 0 Å². The molecular weight excluding hydrogens is 175 g/mol. The minimum absolute atomic E-state index is 0.0919. The van der Waals surface area contributed by atoms with E-state index in [1.54, 1.807) is 0 Å². The first-order valence-electron chi connectivity index (χ1n) is 3.86. The molecule has 0 aromatic rings. The molecule has 0 aromatic carbocycles. The Labute approximate surface area is 74.9 Å². The standard InChI is InChI=1S/C6H17N4OP/c7-6(8)9-3-1-2-5(4-11)10-12/h4-6,9-10H,1-3,7-8,12H2/t5-/m0/s1. The molecule has 0 radical (unpaired) electrons. The van der Waals surface area contributed by atoms with Crippen LogP contribution in [0.5, 0.6) is 0 Å². The lowest BCUT2D eigenvalue weighted by molar-refractivity contribution is -0.109. The molecule has 0 heterocycles. The van der Waals surface area contributed by atoms with E-state index in [-0.39, 0.29) is 6.04 Å². The highest BCUT2D eigenvalue weighted by Crippen LogP contribution is 1.94. The maximum absolute atomic E-state index is 10.3. The highest BCUT2D eigenvalue weighted by atomic mass is 31.0. The van der Waals surface area contributed by atoms with E-state index in [9.17, 15) is 4.79 Å². The number of carbonyl (C=O) groups excluding carboxylic acids is 1. The van der Waals surface area contributed by atoms with Crippen molar-refractivity contribution in [2.75, 3.05) is 6.54 Å². The fourth-order valence-corrected chi connectivity index (χ4v) is 1.03. The van der Waals surface area contributed by atoms with Crippen LogP contribution in [0.15, 0.2) is 0 Å². The van der Waals surface area contributed by atoms with Gasteiger partial charge in [-0.3, -0.25) is 10.4 Å². The van der Waals surface area contributed by atoms with Crippen LogP contribution in [0.3, 0.4) is 0 Å². The number of nitrogens with two attached hydrogens (primary N) is 2. The minimum atomic E-state index is -0.469. The van der Waals surface area contributed by atoms with E-state index in [1.165, 1.54) is 0 Å². The van der Waals surface area contributed by atoms with Crippen LogP contribution in [0.1, 0.15) is 12.8 Å². The lowest BCUT2D eigenvalue weighted by atomic mass is 10.2. The topological polar surface area (TPSA) is 93.2 Å². The van der Waals surface area contributed by atoms with Gasteiger partial charge in [-0.15, -0.1) is 0 Å². The molecule has 1 unspecified atom stereocenters. The lowest BCUT2D eigenvalue weighted by Crippen LogP contribution is -2.45. The molecule has 6 heteroatoms. The summed E-state index contributed by atoms with van der Waals surface area (Å²) in [5.41, 5.74) is 10.5. The first kappa shape index (κ1) is 11.9. The minimum Gasteiger partial charge on any atom is -0.304 e. The van der Waals surface area contributed by atoms with Gasteiger partial charge in [-0.25, -0.2) is 0 Å². The third-order valence-corrected chi connectivity index (χ3v) is 1.88. The lowest BCUT2D eigenvalue weighted by Gasteiger charge is -2.10. The van der Waals surface area contributed by atoms with Gasteiger partial charge in [0.05, 0.1) is 6.04 Å². The number of hydrogen-bond acceptors (Lipinski definition) is 5. The smallest absolute Gasteiger partial charge is 0.137 e. The van der Waals surface area contributed by atoms with Crippen molar-refractivity contribution in [2.24, 2.45) is 11.5 Å². The Morgan fingerprint density at radius 2 is 2.17 bits per heavy atom. The van der Waals surface area contributed by atoms with Crippen LogP contribution >= 0.6 is 9.39 Å². The van der Waals surface area contributed by atoms with Crippen molar-refractivity contribution in [3.05, 3.63) is 0 Å². The SMILES string of the molecule is NC(N)NCCC[C@@H](C=O)NP. The van der Waals surface area contributed by atoms with Crippen LogP contribution in [0.25, 0.3) is 0 Å². The predicted octanol–water partition coefficient (Wildman–Crippen LogP) is -1.50. The summed E-state index contributed by atoms with van der Waals surface area (Å²) < 4.78 is 0. The van der Waals surface area contributed by atoms with Crippen LogP contribution in [0.4, 0.5) is 0 Å². The molecule has 0 rings (SSSR count). The summed E-state index contributed by atoms with van der Waals surface area (Å²) in [6.07, 6.45) is 2.07. The van der Waals surface area contributed by atoms with Gasteiger partial charge in [-0.1, -0.05) is 9.39 Å². The fourth-order valence-electron chi connectivity index (χ4n) is 0.781. The van der Waals surface area contributed by atoms with Crippen LogP contribution in [-0.4, -0.2) is 25.2 Å². The van der Waals surface area contributed by atoms with E-state index in [2.05, 4.69) is 19.8 Å². The third kappa shape index (κ3) is 6.64. The van der Waals surface area contributed by atoms with E-state index in [0.29, 0.717) is 0 Å². The summed E-state index contributed by atoms with van der Waals surface area (Å²) in [6, 6.07) is -0.0919. The van der Waals surface area contributed by atoms with Crippen molar-refractivity contribution in [3.63, 3.8) is 0 Å². The van der Waals surface area contributed by atoms with Crippen molar-refractivity contribution in [2.45, 2.75) is 25.2 Å². The molecule has 0 aromatic heterocycles. The summed E-state index contributed by atoms with van der Waals surface area (Å²) in [5, 5.41) is 5.65. The zero-order valence-corrected chi connectivity index (χ0v) is 8.15. The third-order valence-electron chi connectivity index (χ3n) is 1.45. The van der Waals surface area contributed by atoms with Gasteiger partial charge in [-0.05, 0) is 19.4 Å². The molecule has 0 bridgehead atoms. The molecule has 0 aliphatic rings. The zero-order valence-electron chi connectivity index (χ0n) is 6.99. The quantitative estimate of drug-likeness (QED) is 0.170. The van der Waals surface area contributed by atoms with Crippen LogP contribution in [0.2, 0.25) is 0 Å². The first-order valence-corrected chi connectivity index (χ1v) is 4.44. The average molecular weight is 192 g/mol. The molecule has 72 valence electrons. The summed E-state index contributed by atoms with van der Waals surface area (Å²) in [7, 11) is 2.32. The summed E-state index contributed by atoms with van der Waals surface area (Å²) in [5.74, 6) is 0. The Balaban J connectivity index is 3.23. The Bertz CT molecular complexity index is 122. The van der Waals surface area contributed by atoms with E-state index in [0.717, 1.165) is 25.7 Å². The first-order chi connectivity index (χ1) is 5.70. The zero-order chi connectivity index (χ0) is 9.40. The highest BCUT2D eigenvalue weighted by molar-refractivity contribution is 7.13. The molecule has 0 saturated carbocycles. The second-order valence-corrected chi connectivity index (χ2v) is 2.86. The monoisotopic (exact) mass is 192 g/mol. The molecule has 0 saturated heterocycles.